The van der Waals surface area contributed by atoms with Crippen molar-refractivity contribution in [2.45, 2.75) is 13.5 Å². The second kappa shape index (κ2) is 3.44. The van der Waals surface area contributed by atoms with E-state index in [1.165, 1.54) is 0 Å². The molecule has 0 fully saturated rings. The molecule has 0 bridgehead atoms. The van der Waals surface area contributed by atoms with Gasteiger partial charge in [0, 0.05) is 6.54 Å². The summed E-state index contributed by atoms with van der Waals surface area (Å²) < 4.78 is 1.67. The van der Waals surface area contributed by atoms with Crippen LogP contribution in [-0.2, 0) is 6.54 Å². The zero-order valence-electron chi connectivity index (χ0n) is 7.20. The number of nitrogens with zero attached hydrogens (tertiary/aromatic N) is 2. The molecular formula is C7H15N5. The fourth-order valence-electron chi connectivity index (χ4n) is 0.924. The van der Waals surface area contributed by atoms with Crippen LogP contribution in [0.25, 0.3) is 0 Å². The van der Waals surface area contributed by atoms with Gasteiger partial charge in [-0.1, -0.05) is 6.92 Å². The first kappa shape index (κ1) is 8.86. The van der Waals surface area contributed by atoms with Gasteiger partial charge in [-0.2, -0.15) is 5.10 Å². The summed E-state index contributed by atoms with van der Waals surface area (Å²) in [5.74, 6) is 0.891. The van der Waals surface area contributed by atoms with Gasteiger partial charge in [-0.05, 0) is 12.5 Å². The van der Waals surface area contributed by atoms with Gasteiger partial charge >= 0.3 is 0 Å². The van der Waals surface area contributed by atoms with Gasteiger partial charge in [0.15, 0.2) is 0 Å². The second-order valence-electron chi connectivity index (χ2n) is 3.01. The number of nitrogen functional groups attached to an aromatic ring is 2. The molecule has 0 aliphatic rings. The molecule has 6 N–H and O–H groups in total. The van der Waals surface area contributed by atoms with Gasteiger partial charge < -0.3 is 17.2 Å². The van der Waals surface area contributed by atoms with E-state index in [0.717, 1.165) is 6.54 Å². The highest BCUT2D eigenvalue weighted by Crippen LogP contribution is 2.13. The third-order valence-corrected chi connectivity index (χ3v) is 1.80. The molecule has 0 aromatic carbocycles. The summed E-state index contributed by atoms with van der Waals surface area (Å²) in [4.78, 5) is 0. The minimum absolute atomic E-state index is 0.367. The Labute approximate surface area is 71.5 Å². The third kappa shape index (κ3) is 1.68. The lowest BCUT2D eigenvalue weighted by Gasteiger charge is -2.09. The quantitative estimate of drug-likeness (QED) is 0.576. The lowest BCUT2D eigenvalue weighted by molar-refractivity contribution is 0.463. The predicted octanol–water partition coefficient (Wildman–Crippen LogP) is -0.358. The maximum absolute atomic E-state index is 5.64. The van der Waals surface area contributed by atoms with Crippen LogP contribution >= 0.6 is 0 Å². The van der Waals surface area contributed by atoms with Crippen LogP contribution in [-0.4, -0.2) is 16.3 Å². The standard InChI is InChI=1S/C7H15N5/c1-5(2-8)4-12-7(10)6(9)3-11-12/h3,5H,2,4,8-10H2,1H3. The number of nitrogens with two attached hydrogens (primary N) is 3. The van der Waals surface area contributed by atoms with Crippen LogP contribution in [0.3, 0.4) is 0 Å². The van der Waals surface area contributed by atoms with Crippen molar-refractivity contribution in [3.05, 3.63) is 6.20 Å². The van der Waals surface area contributed by atoms with E-state index >= 15 is 0 Å². The topological polar surface area (TPSA) is 95.9 Å². The molecule has 5 nitrogen and oxygen atoms in total. The molecule has 0 saturated carbocycles. The van der Waals surface area contributed by atoms with Crippen LogP contribution in [0.4, 0.5) is 11.5 Å². The van der Waals surface area contributed by atoms with E-state index in [0.29, 0.717) is 24.0 Å². The smallest absolute Gasteiger partial charge is 0.145 e. The molecule has 68 valence electrons. The Morgan fingerprint density at radius 1 is 1.58 bits per heavy atom. The van der Waals surface area contributed by atoms with E-state index in [9.17, 15) is 0 Å². The molecule has 0 saturated heterocycles. The number of rotatable bonds is 3. The van der Waals surface area contributed by atoms with Gasteiger partial charge in [-0.25, -0.2) is 4.68 Å². The summed E-state index contributed by atoms with van der Waals surface area (Å²) in [6.45, 7) is 3.38. The molecule has 1 rings (SSSR count). The van der Waals surface area contributed by atoms with Crippen molar-refractivity contribution in [2.75, 3.05) is 18.0 Å². The van der Waals surface area contributed by atoms with Crippen molar-refractivity contribution in [1.82, 2.24) is 9.78 Å². The molecule has 0 aliphatic carbocycles. The summed E-state index contributed by atoms with van der Waals surface area (Å²) in [7, 11) is 0. The molecule has 1 heterocycles. The highest BCUT2D eigenvalue weighted by Gasteiger charge is 2.06. The number of hydrogen-bond donors (Lipinski definition) is 3. The zero-order valence-corrected chi connectivity index (χ0v) is 7.20. The predicted molar refractivity (Wildman–Crippen MR) is 49.3 cm³/mol. The first-order chi connectivity index (χ1) is 5.65. The van der Waals surface area contributed by atoms with Gasteiger partial charge in [0.05, 0.1) is 11.9 Å². The van der Waals surface area contributed by atoms with Crippen LogP contribution in [0.2, 0.25) is 0 Å². The summed E-state index contributed by atoms with van der Waals surface area (Å²) in [5, 5.41) is 4.01. The second-order valence-corrected chi connectivity index (χ2v) is 3.01. The molecule has 1 aromatic rings. The van der Waals surface area contributed by atoms with Crippen molar-refractivity contribution in [1.29, 1.82) is 0 Å². The van der Waals surface area contributed by atoms with Crippen LogP contribution in [0.5, 0.6) is 0 Å². The van der Waals surface area contributed by atoms with Gasteiger partial charge in [0.2, 0.25) is 0 Å². The number of aromatic nitrogens is 2. The monoisotopic (exact) mass is 169 g/mol. The van der Waals surface area contributed by atoms with Crippen molar-refractivity contribution >= 4 is 11.5 Å². The van der Waals surface area contributed by atoms with Crippen molar-refractivity contribution in [3.8, 4) is 0 Å². The van der Waals surface area contributed by atoms with Crippen LogP contribution in [0.15, 0.2) is 6.20 Å². The summed E-state index contributed by atoms with van der Waals surface area (Å²) in [6.07, 6.45) is 1.55. The SMILES string of the molecule is CC(CN)Cn1ncc(N)c1N. The Bertz CT molecular complexity index is 254. The molecule has 1 atom stereocenters. The van der Waals surface area contributed by atoms with E-state index in [1.807, 2.05) is 6.92 Å². The van der Waals surface area contributed by atoms with E-state index in [1.54, 1.807) is 10.9 Å². The molecule has 0 aliphatic heterocycles. The minimum Gasteiger partial charge on any atom is -0.394 e. The van der Waals surface area contributed by atoms with Crippen molar-refractivity contribution in [3.63, 3.8) is 0 Å². The molecular weight excluding hydrogens is 154 g/mol. The maximum Gasteiger partial charge on any atom is 0.145 e. The highest BCUT2D eigenvalue weighted by atomic mass is 15.3. The van der Waals surface area contributed by atoms with Gasteiger partial charge in [0.1, 0.15) is 5.82 Å². The summed E-state index contributed by atoms with van der Waals surface area (Å²) >= 11 is 0. The van der Waals surface area contributed by atoms with Crippen LogP contribution in [0.1, 0.15) is 6.92 Å². The van der Waals surface area contributed by atoms with Gasteiger partial charge in [-0.3, -0.25) is 0 Å². The Balaban J connectivity index is 2.69. The number of hydrogen-bond acceptors (Lipinski definition) is 4. The fraction of sp³-hybridized carbons (Fsp3) is 0.571. The lowest BCUT2D eigenvalue weighted by Crippen LogP contribution is -2.18. The Morgan fingerprint density at radius 3 is 2.67 bits per heavy atom. The Morgan fingerprint density at radius 2 is 2.25 bits per heavy atom. The number of anilines is 2. The van der Waals surface area contributed by atoms with Crippen molar-refractivity contribution in [2.24, 2.45) is 11.7 Å². The van der Waals surface area contributed by atoms with Crippen LogP contribution in [0, 0.1) is 5.92 Å². The average molecular weight is 169 g/mol. The van der Waals surface area contributed by atoms with Crippen molar-refractivity contribution < 1.29 is 0 Å². The maximum atomic E-state index is 5.64. The first-order valence-corrected chi connectivity index (χ1v) is 3.92. The Kier molecular flexibility index (Phi) is 2.54. The summed E-state index contributed by atoms with van der Waals surface area (Å²) in [5.41, 5.74) is 17.1. The molecule has 0 amide bonds. The first-order valence-electron chi connectivity index (χ1n) is 3.92. The fourth-order valence-corrected chi connectivity index (χ4v) is 0.924. The zero-order chi connectivity index (χ0) is 9.14. The Hall–Kier alpha value is -1.23. The van der Waals surface area contributed by atoms with E-state index in [-0.39, 0.29) is 0 Å². The molecule has 1 aromatic heterocycles. The molecule has 5 heteroatoms. The molecule has 0 spiro atoms. The average Bonchev–Trinajstić information content (AvgIpc) is 2.36. The molecule has 1 unspecified atom stereocenters. The van der Waals surface area contributed by atoms with Crippen LogP contribution < -0.4 is 17.2 Å². The largest absolute Gasteiger partial charge is 0.394 e. The molecule has 0 radical (unpaired) electrons. The normalized spacial score (nSPS) is 13.2. The van der Waals surface area contributed by atoms with E-state index in [2.05, 4.69) is 5.10 Å². The summed E-state index contributed by atoms with van der Waals surface area (Å²) in [6, 6.07) is 0. The molecule has 12 heavy (non-hydrogen) atoms. The van der Waals surface area contributed by atoms with Gasteiger partial charge in [-0.15, -0.1) is 0 Å². The minimum atomic E-state index is 0.367. The highest BCUT2D eigenvalue weighted by molar-refractivity contribution is 5.56. The van der Waals surface area contributed by atoms with E-state index in [4.69, 9.17) is 17.2 Å². The van der Waals surface area contributed by atoms with E-state index < -0.39 is 0 Å². The third-order valence-electron chi connectivity index (χ3n) is 1.80. The van der Waals surface area contributed by atoms with Gasteiger partial charge in [0.25, 0.3) is 0 Å². The lowest BCUT2D eigenvalue weighted by atomic mass is 10.2.